The maximum atomic E-state index is 12.8. The van der Waals surface area contributed by atoms with Crippen molar-refractivity contribution in [2.75, 3.05) is 26.4 Å². The van der Waals surface area contributed by atoms with Crippen LogP contribution >= 0.6 is 0 Å². The molecule has 5 aliphatic heterocycles. The van der Waals surface area contributed by atoms with Crippen molar-refractivity contribution in [1.82, 2.24) is 21.3 Å². The summed E-state index contributed by atoms with van der Waals surface area (Å²) in [5.74, 6) is -5.69. The Balaban J connectivity index is 1.49. The standard InChI is InChI=1S/C38H60N4O24/c1-11(33(53)54)58-31-23(41-15(5)48)35-57-10-20(63-35)30(31)66-37-22(40-14(4)47)27(52)28(18(8-44)61-37)64-38-24(42-16(6)49)32(59-12(2)34(55)56)29(19(9-45)62-38)65-36-21(39-13(3)46)26(51)25(50)17(7-43)60-36/h11-12,17-32,35-38,43-45,50-52H,7-10H2,1-6H3,(H,39,46)(H,40,47)(H,41,48)(H,42,49)(H,53,54)(H,55,56). The number of hydrogen-bond donors (Lipinski definition) is 12. The molecule has 0 spiro atoms. The molecular formula is C38H60N4O24. The van der Waals surface area contributed by atoms with Gasteiger partial charge in [-0.15, -0.1) is 0 Å². The fraction of sp³-hybridized carbons (Fsp3) is 0.842. The molecular weight excluding hydrogens is 896 g/mol. The summed E-state index contributed by atoms with van der Waals surface area (Å²) in [6.07, 6.45) is -28.6. The van der Waals surface area contributed by atoms with Gasteiger partial charge in [0, 0.05) is 27.7 Å². The Labute approximate surface area is 376 Å². The van der Waals surface area contributed by atoms with E-state index in [1.54, 1.807) is 0 Å². The second-order valence-corrected chi connectivity index (χ2v) is 16.4. The van der Waals surface area contributed by atoms with E-state index in [-0.39, 0.29) is 6.61 Å². The third-order valence-corrected chi connectivity index (χ3v) is 11.4. The van der Waals surface area contributed by atoms with Gasteiger partial charge in [0.15, 0.2) is 37.4 Å². The van der Waals surface area contributed by atoms with Gasteiger partial charge in [-0.3, -0.25) is 19.2 Å². The number of fused-ring (bicyclic) bond motifs is 2. The third kappa shape index (κ3) is 12.2. The van der Waals surface area contributed by atoms with E-state index in [9.17, 15) is 69.6 Å². The van der Waals surface area contributed by atoms with Crippen LogP contribution in [0.25, 0.3) is 0 Å². The molecule has 28 nitrogen and oxygen atoms in total. The molecule has 28 heteroatoms. The molecule has 0 aromatic carbocycles. The van der Waals surface area contributed by atoms with Crippen molar-refractivity contribution in [2.24, 2.45) is 0 Å². The van der Waals surface area contributed by atoms with Crippen molar-refractivity contribution >= 4 is 35.6 Å². The van der Waals surface area contributed by atoms with E-state index in [4.69, 9.17) is 47.4 Å². The second kappa shape index (κ2) is 23.0. The van der Waals surface area contributed by atoms with Gasteiger partial charge >= 0.3 is 11.9 Å². The lowest BCUT2D eigenvalue weighted by molar-refractivity contribution is -0.362. The number of aliphatic hydroxyl groups excluding tert-OH is 6. The van der Waals surface area contributed by atoms with Crippen molar-refractivity contribution in [3.63, 3.8) is 0 Å². The summed E-state index contributed by atoms with van der Waals surface area (Å²) in [5, 5.41) is 94.5. The topological polar surface area (TPSA) is 405 Å². The molecule has 0 aromatic heterocycles. The molecule has 66 heavy (non-hydrogen) atoms. The van der Waals surface area contributed by atoms with Gasteiger partial charge in [0.2, 0.25) is 23.6 Å². The van der Waals surface area contributed by atoms with Crippen LogP contribution in [0.2, 0.25) is 0 Å². The molecule has 22 atom stereocenters. The minimum absolute atomic E-state index is 0.142. The van der Waals surface area contributed by atoms with Crippen LogP contribution in [-0.4, -0.2) is 238 Å². The minimum atomic E-state index is -1.93. The molecule has 376 valence electrons. The van der Waals surface area contributed by atoms with Crippen LogP contribution in [0, 0.1) is 0 Å². The van der Waals surface area contributed by atoms with Gasteiger partial charge in [-0.25, -0.2) is 9.59 Å². The summed E-state index contributed by atoms with van der Waals surface area (Å²) in [6.45, 7) is 3.87. The highest BCUT2D eigenvalue weighted by Gasteiger charge is 2.59. The van der Waals surface area contributed by atoms with Crippen molar-refractivity contribution in [3.05, 3.63) is 0 Å². The highest BCUT2D eigenvalue weighted by atomic mass is 16.8. The SMILES string of the molecule is CC(=O)NC1C(OC2C(CO)OC(OC3C(CO)OC(OC4C5COC(O5)C(NC(C)=O)C4OC(C)C(=O)O)C(NC(C)=O)C3O)C(NC(C)=O)C2OC(C)C(=O)O)OC(CO)C(O)C1O. The summed E-state index contributed by atoms with van der Waals surface area (Å²) in [4.78, 5) is 74.1. The van der Waals surface area contributed by atoms with Crippen LogP contribution in [-0.2, 0) is 76.1 Å². The lowest BCUT2D eigenvalue weighted by Gasteiger charge is -2.51. The largest absolute Gasteiger partial charge is 0.479 e. The smallest absolute Gasteiger partial charge is 0.332 e. The zero-order chi connectivity index (χ0) is 48.9. The first kappa shape index (κ1) is 53.1. The number of carboxylic acid groups (broad SMARTS) is 2. The fourth-order valence-electron chi connectivity index (χ4n) is 8.34. The number of aliphatic hydroxyl groups is 6. The van der Waals surface area contributed by atoms with Gasteiger partial charge in [-0.2, -0.15) is 0 Å². The van der Waals surface area contributed by atoms with Crippen LogP contribution in [0.5, 0.6) is 0 Å². The Morgan fingerprint density at radius 1 is 0.515 bits per heavy atom. The number of hydrogen-bond acceptors (Lipinski definition) is 22. The van der Waals surface area contributed by atoms with Crippen molar-refractivity contribution in [2.45, 2.75) is 176 Å². The van der Waals surface area contributed by atoms with Crippen LogP contribution < -0.4 is 21.3 Å². The summed E-state index contributed by atoms with van der Waals surface area (Å²) in [7, 11) is 0. The van der Waals surface area contributed by atoms with Crippen molar-refractivity contribution in [3.8, 4) is 0 Å². The molecule has 5 aliphatic rings. The van der Waals surface area contributed by atoms with Crippen LogP contribution in [0.3, 0.4) is 0 Å². The lowest BCUT2D eigenvalue weighted by Crippen LogP contribution is -2.72. The number of carboxylic acids is 2. The molecule has 5 rings (SSSR count). The normalized spacial score (nSPS) is 40.9. The number of ether oxygens (including phenoxy) is 10. The Morgan fingerprint density at radius 2 is 0.909 bits per heavy atom. The number of carbonyl (C=O) groups excluding carboxylic acids is 4. The number of carbonyl (C=O) groups is 6. The second-order valence-electron chi connectivity index (χ2n) is 16.4. The Hall–Kier alpha value is -3.82. The number of rotatable bonds is 19. The van der Waals surface area contributed by atoms with E-state index < -0.39 is 190 Å². The van der Waals surface area contributed by atoms with Crippen LogP contribution in [0.1, 0.15) is 41.5 Å². The molecule has 5 fully saturated rings. The first-order valence-electron chi connectivity index (χ1n) is 21.0. The minimum Gasteiger partial charge on any atom is -0.479 e. The monoisotopic (exact) mass is 956 g/mol. The summed E-state index contributed by atoms with van der Waals surface area (Å²) in [5.41, 5.74) is 0. The van der Waals surface area contributed by atoms with Gasteiger partial charge < -0.3 is 109 Å². The van der Waals surface area contributed by atoms with Crippen LogP contribution in [0.4, 0.5) is 0 Å². The predicted octanol–water partition coefficient (Wildman–Crippen LogP) is -7.13. The Morgan fingerprint density at radius 3 is 1.39 bits per heavy atom. The summed E-state index contributed by atoms with van der Waals surface area (Å²) < 4.78 is 60.1. The molecule has 5 heterocycles. The predicted molar refractivity (Wildman–Crippen MR) is 209 cm³/mol. The maximum Gasteiger partial charge on any atom is 0.332 e. The Kier molecular flexibility index (Phi) is 18.5. The number of aliphatic carboxylic acids is 2. The molecule has 12 N–H and O–H groups in total. The van der Waals surface area contributed by atoms with E-state index in [0.29, 0.717) is 0 Å². The Bertz CT molecular complexity index is 1720. The van der Waals surface area contributed by atoms with E-state index in [0.717, 1.165) is 27.7 Å². The average molecular weight is 957 g/mol. The average Bonchev–Trinajstić information content (AvgIpc) is 3.69. The van der Waals surface area contributed by atoms with Crippen molar-refractivity contribution < 1.29 is 117 Å². The van der Waals surface area contributed by atoms with E-state index in [2.05, 4.69) is 21.3 Å². The van der Waals surface area contributed by atoms with E-state index >= 15 is 0 Å². The fourth-order valence-corrected chi connectivity index (χ4v) is 8.34. The van der Waals surface area contributed by atoms with E-state index in [1.807, 2.05) is 0 Å². The summed E-state index contributed by atoms with van der Waals surface area (Å²) >= 11 is 0. The van der Waals surface area contributed by atoms with Gasteiger partial charge in [0.05, 0.1) is 26.4 Å². The zero-order valence-electron chi connectivity index (χ0n) is 36.6. The number of nitrogens with one attached hydrogen (secondary N) is 4. The molecule has 0 saturated carbocycles. The molecule has 2 bridgehead atoms. The first-order valence-corrected chi connectivity index (χ1v) is 21.0. The highest BCUT2D eigenvalue weighted by Crippen LogP contribution is 2.38. The first-order chi connectivity index (χ1) is 31.1. The zero-order valence-corrected chi connectivity index (χ0v) is 36.6. The third-order valence-electron chi connectivity index (χ3n) is 11.4. The number of amides is 4. The molecule has 0 aliphatic carbocycles. The molecule has 5 saturated heterocycles. The molecule has 22 unspecified atom stereocenters. The van der Waals surface area contributed by atoms with E-state index in [1.165, 1.54) is 13.8 Å². The van der Waals surface area contributed by atoms with Crippen molar-refractivity contribution in [1.29, 1.82) is 0 Å². The lowest BCUT2D eigenvalue weighted by atomic mass is 9.93. The quantitative estimate of drug-likeness (QED) is 0.0572. The molecule has 0 radical (unpaired) electrons. The van der Waals surface area contributed by atoms with Gasteiger partial charge in [-0.1, -0.05) is 0 Å². The van der Waals surface area contributed by atoms with Gasteiger partial charge in [0.1, 0.15) is 97.4 Å². The summed E-state index contributed by atoms with van der Waals surface area (Å²) in [6, 6.07) is -5.94. The highest BCUT2D eigenvalue weighted by molar-refractivity contribution is 5.75. The molecule has 0 aromatic rings. The maximum absolute atomic E-state index is 12.8. The molecule has 4 amide bonds. The van der Waals surface area contributed by atoms with Gasteiger partial charge in [-0.05, 0) is 13.8 Å². The van der Waals surface area contributed by atoms with Gasteiger partial charge in [0.25, 0.3) is 0 Å². The van der Waals surface area contributed by atoms with Crippen LogP contribution in [0.15, 0.2) is 0 Å².